The van der Waals surface area contributed by atoms with Gasteiger partial charge in [0.25, 0.3) is 0 Å². The predicted molar refractivity (Wildman–Crippen MR) is 67.1 cm³/mol. The third-order valence-corrected chi connectivity index (χ3v) is 3.29. The molecule has 4 heteroatoms. The van der Waals surface area contributed by atoms with Gasteiger partial charge in [-0.2, -0.15) is 0 Å². The second-order valence-electron chi connectivity index (χ2n) is 4.77. The van der Waals surface area contributed by atoms with E-state index in [0.717, 1.165) is 18.7 Å². The molecule has 1 fully saturated rings. The van der Waals surface area contributed by atoms with Crippen LogP contribution in [0.2, 0.25) is 5.02 Å². The second-order valence-corrected chi connectivity index (χ2v) is 5.18. The van der Waals surface area contributed by atoms with Crippen molar-refractivity contribution in [2.24, 2.45) is 0 Å². The van der Waals surface area contributed by atoms with E-state index >= 15 is 0 Å². The van der Waals surface area contributed by atoms with E-state index in [1.165, 1.54) is 13.8 Å². The summed E-state index contributed by atoms with van der Waals surface area (Å²) in [5.74, 6) is 0. The van der Waals surface area contributed by atoms with E-state index < -0.39 is 5.67 Å². The van der Waals surface area contributed by atoms with Crippen LogP contribution in [-0.4, -0.2) is 19.7 Å². The average molecular weight is 258 g/mol. The van der Waals surface area contributed by atoms with Crippen LogP contribution in [0.1, 0.15) is 31.1 Å². The predicted octanol–water partition coefficient (Wildman–Crippen LogP) is 3.21. The summed E-state index contributed by atoms with van der Waals surface area (Å²) < 4.78 is 19.4. The molecule has 1 heterocycles. The Labute approximate surface area is 106 Å². The lowest BCUT2D eigenvalue weighted by Crippen LogP contribution is -2.33. The Balaban J connectivity index is 2.25. The fourth-order valence-electron chi connectivity index (χ4n) is 1.92. The summed E-state index contributed by atoms with van der Waals surface area (Å²) in [5.41, 5.74) is 0.148. The van der Waals surface area contributed by atoms with E-state index in [4.69, 9.17) is 16.3 Å². The van der Waals surface area contributed by atoms with Crippen LogP contribution >= 0.6 is 11.6 Å². The lowest BCUT2D eigenvalue weighted by atomic mass is 9.97. The summed E-state index contributed by atoms with van der Waals surface area (Å²) in [6.07, 6.45) is -0.0342. The first kappa shape index (κ1) is 12.8. The average Bonchev–Trinajstić information content (AvgIpc) is 2.29. The summed E-state index contributed by atoms with van der Waals surface area (Å²) in [6, 6.07) is 5.32. The van der Waals surface area contributed by atoms with Crippen LogP contribution in [0.5, 0.6) is 0 Å². The highest BCUT2D eigenvalue weighted by Gasteiger charge is 2.23. The van der Waals surface area contributed by atoms with Crippen LogP contribution in [0.4, 0.5) is 4.39 Å². The van der Waals surface area contributed by atoms with Crippen molar-refractivity contribution in [1.82, 2.24) is 5.32 Å². The number of hydrogen-bond donors (Lipinski definition) is 1. The van der Waals surface area contributed by atoms with E-state index in [-0.39, 0.29) is 6.10 Å². The van der Waals surface area contributed by atoms with Gasteiger partial charge in [-0.1, -0.05) is 23.7 Å². The second kappa shape index (κ2) is 4.92. The zero-order chi connectivity index (χ0) is 12.5. The molecule has 0 aliphatic carbocycles. The molecule has 1 saturated heterocycles. The van der Waals surface area contributed by atoms with Gasteiger partial charge in [-0.05, 0) is 25.5 Å². The molecule has 1 atom stereocenters. The summed E-state index contributed by atoms with van der Waals surface area (Å²) in [4.78, 5) is 0. The first-order valence-electron chi connectivity index (χ1n) is 5.79. The molecule has 94 valence electrons. The number of nitrogens with one attached hydrogen (secondary N) is 1. The minimum absolute atomic E-state index is 0.0342. The van der Waals surface area contributed by atoms with Gasteiger partial charge < -0.3 is 10.1 Å². The van der Waals surface area contributed by atoms with Crippen molar-refractivity contribution >= 4 is 11.6 Å². The molecule has 0 bridgehead atoms. The molecule has 2 rings (SSSR count). The monoisotopic (exact) mass is 257 g/mol. The summed E-state index contributed by atoms with van der Waals surface area (Å²) in [6.45, 7) is 5.34. The Morgan fingerprint density at radius 2 is 2.24 bits per heavy atom. The molecule has 17 heavy (non-hydrogen) atoms. The molecule has 1 N–H and O–H groups in total. The largest absolute Gasteiger partial charge is 0.371 e. The highest BCUT2D eigenvalue weighted by Crippen LogP contribution is 2.32. The Kier molecular flexibility index (Phi) is 3.71. The van der Waals surface area contributed by atoms with E-state index in [2.05, 4.69) is 5.32 Å². The molecule has 0 spiro atoms. The van der Waals surface area contributed by atoms with Crippen molar-refractivity contribution in [2.45, 2.75) is 25.6 Å². The zero-order valence-electron chi connectivity index (χ0n) is 10.1. The lowest BCUT2D eigenvalue weighted by molar-refractivity contribution is 0.0277. The van der Waals surface area contributed by atoms with Gasteiger partial charge in [-0.3, -0.25) is 0 Å². The maximum Gasteiger partial charge on any atom is 0.130 e. The third kappa shape index (κ3) is 2.97. The minimum Gasteiger partial charge on any atom is -0.371 e. The van der Waals surface area contributed by atoms with Gasteiger partial charge in [-0.15, -0.1) is 0 Å². The topological polar surface area (TPSA) is 21.3 Å². The molecule has 1 aromatic carbocycles. The van der Waals surface area contributed by atoms with E-state index in [0.29, 0.717) is 17.2 Å². The maximum absolute atomic E-state index is 13.8. The Morgan fingerprint density at radius 1 is 1.47 bits per heavy atom. The van der Waals surface area contributed by atoms with Crippen LogP contribution in [0.25, 0.3) is 0 Å². The lowest BCUT2D eigenvalue weighted by Gasteiger charge is -2.25. The molecule has 0 amide bonds. The SMILES string of the molecule is CC(C)(F)c1ccc(C2CNCCO2)c(Cl)c1. The normalized spacial score (nSPS) is 21.5. The molecule has 0 radical (unpaired) electrons. The minimum atomic E-state index is -1.37. The van der Waals surface area contributed by atoms with Gasteiger partial charge >= 0.3 is 0 Å². The van der Waals surface area contributed by atoms with Gasteiger partial charge in [0.2, 0.25) is 0 Å². The highest BCUT2D eigenvalue weighted by atomic mass is 35.5. The van der Waals surface area contributed by atoms with E-state index in [1.807, 2.05) is 6.07 Å². The van der Waals surface area contributed by atoms with Crippen LogP contribution in [-0.2, 0) is 10.4 Å². The van der Waals surface area contributed by atoms with Crippen molar-refractivity contribution in [3.8, 4) is 0 Å². The van der Waals surface area contributed by atoms with Gasteiger partial charge in [0.1, 0.15) is 5.67 Å². The van der Waals surface area contributed by atoms with E-state index in [9.17, 15) is 4.39 Å². The first-order valence-corrected chi connectivity index (χ1v) is 6.17. The van der Waals surface area contributed by atoms with Crippen molar-refractivity contribution in [1.29, 1.82) is 0 Å². The standard InChI is InChI=1S/C13H17ClFNO/c1-13(2,15)9-3-4-10(11(14)7-9)12-8-16-5-6-17-12/h3-4,7,12,16H,5-6,8H2,1-2H3. The molecule has 1 aliphatic rings. The molecule has 2 nitrogen and oxygen atoms in total. The Bertz CT molecular complexity index is 397. The summed E-state index contributed by atoms with van der Waals surface area (Å²) in [5, 5.41) is 3.82. The Hall–Kier alpha value is -0.640. The van der Waals surface area contributed by atoms with Crippen LogP contribution in [0.15, 0.2) is 18.2 Å². The number of morpholine rings is 1. The number of alkyl halides is 1. The number of ether oxygens (including phenoxy) is 1. The molecule has 1 unspecified atom stereocenters. The summed E-state index contributed by atoms with van der Waals surface area (Å²) >= 11 is 6.19. The van der Waals surface area contributed by atoms with Crippen molar-refractivity contribution < 1.29 is 9.13 Å². The van der Waals surface area contributed by atoms with Crippen LogP contribution in [0, 0.1) is 0 Å². The smallest absolute Gasteiger partial charge is 0.130 e. The number of halogens is 2. The molecule has 0 aromatic heterocycles. The van der Waals surface area contributed by atoms with Crippen molar-refractivity contribution in [3.05, 3.63) is 34.3 Å². The zero-order valence-corrected chi connectivity index (χ0v) is 10.9. The molecule has 1 aliphatic heterocycles. The highest BCUT2D eigenvalue weighted by molar-refractivity contribution is 6.31. The Morgan fingerprint density at radius 3 is 2.76 bits per heavy atom. The van der Waals surface area contributed by atoms with E-state index in [1.54, 1.807) is 12.1 Å². The molecular weight excluding hydrogens is 241 g/mol. The van der Waals surface area contributed by atoms with Crippen molar-refractivity contribution in [2.75, 3.05) is 19.7 Å². The molecule has 0 saturated carbocycles. The van der Waals surface area contributed by atoms with Crippen LogP contribution < -0.4 is 5.32 Å². The number of hydrogen-bond acceptors (Lipinski definition) is 2. The number of rotatable bonds is 2. The van der Waals surface area contributed by atoms with Gasteiger partial charge in [0.05, 0.1) is 12.7 Å². The van der Waals surface area contributed by atoms with Crippen molar-refractivity contribution in [3.63, 3.8) is 0 Å². The molecule has 1 aromatic rings. The van der Waals surface area contributed by atoms with Gasteiger partial charge in [0, 0.05) is 23.7 Å². The number of benzene rings is 1. The van der Waals surface area contributed by atoms with Gasteiger partial charge in [0.15, 0.2) is 0 Å². The van der Waals surface area contributed by atoms with Crippen LogP contribution in [0.3, 0.4) is 0 Å². The fourth-order valence-corrected chi connectivity index (χ4v) is 2.23. The van der Waals surface area contributed by atoms with Gasteiger partial charge in [-0.25, -0.2) is 4.39 Å². The maximum atomic E-state index is 13.8. The third-order valence-electron chi connectivity index (χ3n) is 2.96. The quantitative estimate of drug-likeness (QED) is 0.879. The first-order chi connectivity index (χ1) is 7.98. The summed E-state index contributed by atoms with van der Waals surface area (Å²) in [7, 11) is 0. The fraction of sp³-hybridized carbons (Fsp3) is 0.538. The molecular formula is C13H17ClFNO.